The molecule has 1 N–H and O–H groups in total. The van der Waals surface area contributed by atoms with Gasteiger partial charge in [0.25, 0.3) is 5.56 Å². The van der Waals surface area contributed by atoms with Crippen molar-refractivity contribution in [3.8, 4) is 17.2 Å². The Balaban J connectivity index is 1.86. The molecule has 0 aliphatic carbocycles. The molecule has 0 radical (unpaired) electrons. The molecule has 1 heterocycles. The van der Waals surface area contributed by atoms with Gasteiger partial charge in [-0.25, -0.2) is 9.55 Å². The summed E-state index contributed by atoms with van der Waals surface area (Å²) in [5.41, 5.74) is -8.24. The van der Waals surface area contributed by atoms with E-state index in [1.54, 1.807) is 30.3 Å². The third kappa shape index (κ3) is 6.17. The van der Waals surface area contributed by atoms with Crippen molar-refractivity contribution in [3.63, 3.8) is 0 Å². The molecule has 40 heavy (non-hydrogen) atoms. The Hall–Kier alpha value is -4.20. The normalized spacial score (nSPS) is 12.3. The summed E-state index contributed by atoms with van der Waals surface area (Å²) in [5, 5.41) is 0.551. The summed E-state index contributed by atoms with van der Waals surface area (Å²) in [7, 11) is 0. The van der Waals surface area contributed by atoms with Crippen LogP contribution in [0.5, 0.6) is 11.5 Å². The maximum Gasteiger partial charge on any atom is 0.435 e. The average Bonchev–Trinajstić information content (AvgIpc) is 2.86. The van der Waals surface area contributed by atoms with E-state index in [9.17, 15) is 44.3 Å². The van der Waals surface area contributed by atoms with Crippen LogP contribution in [-0.2, 0) is 18.5 Å². The van der Waals surface area contributed by atoms with Crippen molar-refractivity contribution in [2.75, 3.05) is 5.32 Å². The molecule has 0 bridgehead atoms. The van der Waals surface area contributed by atoms with Gasteiger partial charge < -0.3 is 10.1 Å². The largest absolute Gasteiger partial charge is 0.457 e. The molecular weight excluding hydrogens is 581 g/mol. The minimum atomic E-state index is -5.37. The van der Waals surface area contributed by atoms with E-state index in [0.29, 0.717) is 16.4 Å². The Bertz CT molecular complexity index is 1580. The first-order chi connectivity index (χ1) is 18.6. The van der Waals surface area contributed by atoms with Crippen LogP contribution in [0.3, 0.4) is 0 Å². The van der Waals surface area contributed by atoms with Gasteiger partial charge >= 0.3 is 18.5 Å². The molecule has 0 fully saturated rings. The maximum atomic E-state index is 13.7. The molecule has 3 aromatic carbocycles. The first kappa shape index (κ1) is 28.8. The topological polar surface area (TPSA) is 56.2 Å². The van der Waals surface area contributed by atoms with Gasteiger partial charge in [-0.1, -0.05) is 29.8 Å². The molecule has 4 rings (SSSR count). The second-order valence-corrected chi connectivity index (χ2v) is 8.40. The molecule has 0 unspecified atom stereocenters. The number of halogens is 10. The van der Waals surface area contributed by atoms with Crippen LogP contribution >= 0.6 is 11.6 Å². The quantitative estimate of drug-likeness (QED) is 0.236. The first-order valence-electron chi connectivity index (χ1n) is 10.8. The van der Waals surface area contributed by atoms with Crippen LogP contribution in [0, 0.1) is 0 Å². The highest BCUT2D eigenvalue weighted by molar-refractivity contribution is 6.31. The van der Waals surface area contributed by atoms with E-state index in [-0.39, 0.29) is 23.6 Å². The Kier molecular flexibility index (Phi) is 7.49. The van der Waals surface area contributed by atoms with Crippen LogP contribution in [0.4, 0.5) is 51.1 Å². The summed E-state index contributed by atoms with van der Waals surface area (Å²) in [5.74, 6) is -0.440. The number of nitrogens with zero attached hydrogens (tertiary/aromatic N) is 2. The second kappa shape index (κ2) is 10.4. The van der Waals surface area contributed by atoms with Crippen LogP contribution in [0.1, 0.15) is 16.8 Å². The summed E-state index contributed by atoms with van der Waals surface area (Å²) >= 11 is 5.65. The molecule has 0 aliphatic heterocycles. The minimum absolute atomic E-state index is 0.198. The monoisotopic (exact) mass is 593 g/mol. The van der Waals surface area contributed by atoms with Gasteiger partial charge in [-0.15, -0.1) is 0 Å². The molecule has 1 aromatic heterocycles. The number of hydrogen-bond acceptors (Lipinski definition) is 4. The molecule has 0 saturated carbocycles. The lowest BCUT2D eigenvalue weighted by Crippen LogP contribution is -2.28. The lowest BCUT2D eigenvalue weighted by molar-refractivity contribution is -0.143. The Labute approximate surface area is 223 Å². The van der Waals surface area contributed by atoms with Gasteiger partial charge in [0.2, 0.25) is 5.95 Å². The minimum Gasteiger partial charge on any atom is -0.457 e. The van der Waals surface area contributed by atoms with Crippen LogP contribution < -0.4 is 15.6 Å². The molecule has 0 amide bonds. The number of nitrogens with one attached hydrogen (secondary N) is 1. The van der Waals surface area contributed by atoms with Crippen molar-refractivity contribution in [1.82, 2.24) is 9.55 Å². The SMILES string of the molecule is O=c1c(Cl)c(C(F)(F)F)nc(Nc2ccc(C(F)(F)F)cc2C(F)(F)F)n1-c1ccc(Oc2ccccc2)cc1. The van der Waals surface area contributed by atoms with Crippen LogP contribution in [0.15, 0.2) is 77.6 Å². The molecule has 4 aromatic rings. The van der Waals surface area contributed by atoms with Crippen LogP contribution in [0.2, 0.25) is 5.02 Å². The molecule has 5 nitrogen and oxygen atoms in total. The van der Waals surface area contributed by atoms with E-state index in [2.05, 4.69) is 4.98 Å². The average molecular weight is 594 g/mol. The third-order valence-corrected chi connectivity index (χ3v) is 5.61. The van der Waals surface area contributed by atoms with Gasteiger partial charge in [0.1, 0.15) is 16.5 Å². The highest BCUT2D eigenvalue weighted by atomic mass is 35.5. The van der Waals surface area contributed by atoms with E-state index in [4.69, 9.17) is 16.3 Å². The van der Waals surface area contributed by atoms with Gasteiger partial charge in [-0.3, -0.25) is 4.79 Å². The molecule has 15 heteroatoms. The molecule has 0 saturated heterocycles. The second-order valence-electron chi connectivity index (χ2n) is 8.03. The number of aromatic nitrogens is 2. The van der Waals surface area contributed by atoms with Crippen molar-refractivity contribution >= 4 is 23.2 Å². The fraction of sp³-hybridized carbons (Fsp3) is 0.120. The highest BCUT2D eigenvalue weighted by Gasteiger charge is 2.40. The molecular formula is C25H13ClF9N3O2. The lowest BCUT2D eigenvalue weighted by Gasteiger charge is -2.20. The number of ether oxygens (including phenoxy) is 1. The van der Waals surface area contributed by atoms with Gasteiger partial charge in [0, 0.05) is 0 Å². The van der Waals surface area contributed by atoms with Crippen molar-refractivity contribution < 1.29 is 44.3 Å². The van der Waals surface area contributed by atoms with Gasteiger partial charge in [0.15, 0.2) is 5.69 Å². The number of para-hydroxylation sites is 1. The number of benzene rings is 3. The lowest BCUT2D eigenvalue weighted by atomic mass is 10.1. The van der Waals surface area contributed by atoms with Crippen molar-refractivity contribution in [3.05, 3.63) is 105 Å². The zero-order valence-corrected chi connectivity index (χ0v) is 20.2. The van der Waals surface area contributed by atoms with Gasteiger partial charge in [-0.2, -0.15) is 39.5 Å². The Morgan fingerprint density at radius 1 is 0.750 bits per heavy atom. The highest BCUT2D eigenvalue weighted by Crippen LogP contribution is 2.41. The van der Waals surface area contributed by atoms with Gasteiger partial charge in [0.05, 0.1) is 22.5 Å². The summed E-state index contributed by atoms with van der Waals surface area (Å²) in [6, 6.07) is 13.8. The molecule has 0 spiro atoms. The molecule has 0 atom stereocenters. The fourth-order valence-electron chi connectivity index (χ4n) is 3.48. The summed E-state index contributed by atoms with van der Waals surface area (Å²) in [6.07, 6.45) is -15.8. The van der Waals surface area contributed by atoms with Crippen LogP contribution in [-0.4, -0.2) is 9.55 Å². The van der Waals surface area contributed by atoms with E-state index in [1.165, 1.54) is 24.3 Å². The Morgan fingerprint density at radius 3 is 1.90 bits per heavy atom. The fourth-order valence-corrected chi connectivity index (χ4v) is 3.72. The number of alkyl halides is 9. The van der Waals surface area contributed by atoms with Crippen molar-refractivity contribution in [2.24, 2.45) is 0 Å². The summed E-state index contributed by atoms with van der Waals surface area (Å²) in [4.78, 5) is 16.2. The van der Waals surface area contributed by atoms with E-state index in [1.807, 2.05) is 5.32 Å². The smallest absolute Gasteiger partial charge is 0.435 e. The van der Waals surface area contributed by atoms with E-state index in [0.717, 1.165) is 0 Å². The standard InChI is InChI=1S/C25H13ClF9N3O2/c26-19-20(25(33,34)35)37-22(36-18-11-6-13(23(27,28)29)12-17(18)24(30,31)32)38(21(19)39)14-7-9-16(10-8-14)40-15-4-2-1-3-5-15/h1-12H,(H,36,37). The van der Waals surface area contributed by atoms with E-state index >= 15 is 0 Å². The Morgan fingerprint density at radius 2 is 1.35 bits per heavy atom. The number of anilines is 2. The zero-order chi connectivity index (χ0) is 29.5. The number of rotatable bonds is 5. The zero-order valence-electron chi connectivity index (χ0n) is 19.4. The van der Waals surface area contributed by atoms with Crippen LogP contribution in [0.25, 0.3) is 5.69 Å². The van der Waals surface area contributed by atoms with Crippen molar-refractivity contribution in [1.29, 1.82) is 0 Å². The number of hydrogen-bond donors (Lipinski definition) is 1. The third-order valence-electron chi connectivity index (χ3n) is 5.27. The molecule has 210 valence electrons. The predicted molar refractivity (Wildman–Crippen MR) is 126 cm³/mol. The maximum absolute atomic E-state index is 13.7. The van der Waals surface area contributed by atoms with E-state index < -0.39 is 57.6 Å². The summed E-state index contributed by atoms with van der Waals surface area (Å²) < 4.78 is 127. The predicted octanol–water partition coefficient (Wildman–Crippen LogP) is 8.48. The van der Waals surface area contributed by atoms with Crippen molar-refractivity contribution in [2.45, 2.75) is 18.5 Å². The van der Waals surface area contributed by atoms with Gasteiger partial charge in [-0.05, 0) is 54.6 Å². The summed E-state index contributed by atoms with van der Waals surface area (Å²) in [6.45, 7) is 0. The molecule has 0 aliphatic rings. The first-order valence-corrected chi connectivity index (χ1v) is 11.2.